The van der Waals surface area contributed by atoms with Crippen LogP contribution in [-0.4, -0.2) is 277 Å². The number of amides is 11. The van der Waals surface area contributed by atoms with E-state index in [0.29, 0.717) is 26.0 Å². The number of carbonyl (C=O) groups is 11. The van der Waals surface area contributed by atoms with Crippen molar-refractivity contribution < 1.29 is 62.6 Å². The van der Waals surface area contributed by atoms with Gasteiger partial charge in [-0.15, -0.1) is 0 Å². The highest BCUT2D eigenvalue weighted by Crippen LogP contribution is 2.26. The molecule has 2 aliphatic rings. The van der Waals surface area contributed by atoms with Crippen molar-refractivity contribution in [1.82, 2.24) is 65.8 Å². The molecule has 26 heteroatoms. The van der Waals surface area contributed by atoms with Crippen LogP contribution in [0.3, 0.4) is 0 Å². The number of carbonyl (C=O) groups excluding carboxylic acids is 11. The molecule has 0 aromatic heterocycles. The minimum absolute atomic E-state index is 0.00578. The first-order chi connectivity index (χ1) is 44.2. The van der Waals surface area contributed by atoms with E-state index in [4.69, 9.17) is 4.74 Å². The smallest absolute Gasteiger partial charge is 0.246 e. The Morgan fingerprint density at radius 3 is 1.43 bits per heavy atom. The van der Waals surface area contributed by atoms with Gasteiger partial charge in [0.1, 0.15) is 66.5 Å². The third-order valence-electron chi connectivity index (χ3n) is 18.9. The van der Waals surface area contributed by atoms with Crippen LogP contribution in [-0.2, 0) is 57.5 Å². The van der Waals surface area contributed by atoms with Crippen LogP contribution in [0.2, 0.25) is 0 Å². The molecule has 14 unspecified atom stereocenters. The molecule has 0 saturated carbocycles. The summed E-state index contributed by atoms with van der Waals surface area (Å²) in [6.45, 7) is 34.7. The SMILES string of the molecule is CC=CCC(C)C(O)C1C(=O)NC(CC)C(=O)N(C)C(C)C(=O)N(C)C(C(C)CCN2CCN(CCOC)CC2)C(=O)NC(C(C)C)C(=O)N(C)C(CC(C)C)C(=O)NC(C)C(=O)NC(C)C(=O)NC(CC(C)C)C(=O)N(C)C(CC(C)C)C(=O)N(C)C(C(C)C)C(=O)N1C. The number of ether oxygens (including phenoxy) is 1. The average molecular weight is 1340 g/mol. The average Bonchev–Trinajstić information content (AvgIpc) is 0.813. The largest absolute Gasteiger partial charge is 0.390 e. The van der Waals surface area contributed by atoms with Crippen molar-refractivity contribution in [1.29, 1.82) is 0 Å². The number of nitrogens with zero attached hydrogens (tertiary/aromatic N) is 8. The lowest BCUT2D eigenvalue weighted by molar-refractivity contribution is -0.156. The zero-order chi connectivity index (χ0) is 72.8. The maximum atomic E-state index is 15.3. The van der Waals surface area contributed by atoms with Gasteiger partial charge in [-0.1, -0.05) is 102 Å². The Labute approximate surface area is 568 Å². The Hall–Kier alpha value is -6.25. The topological polar surface area (TPSA) is 303 Å². The van der Waals surface area contributed by atoms with Crippen LogP contribution in [0, 0.1) is 41.4 Å². The summed E-state index contributed by atoms with van der Waals surface area (Å²) < 4.78 is 5.30. The van der Waals surface area contributed by atoms with Crippen molar-refractivity contribution in [3.05, 3.63) is 12.2 Å². The Kier molecular flexibility index (Phi) is 35.6. The van der Waals surface area contributed by atoms with Gasteiger partial charge < -0.3 is 70.7 Å². The molecule has 26 nitrogen and oxygen atoms in total. The van der Waals surface area contributed by atoms with Crippen molar-refractivity contribution in [3.8, 4) is 0 Å². The van der Waals surface area contributed by atoms with E-state index in [0.717, 1.165) is 37.6 Å². The van der Waals surface area contributed by atoms with E-state index in [2.05, 4.69) is 36.4 Å². The van der Waals surface area contributed by atoms with Crippen LogP contribution in [0.4, 0.5) is 0 Å². The van der Waals surface area contributed by atoms with E-state index in [-0.39, 0.29) is 43.4 Å². The van der Waals surface area contributed by atoms with Crippen LogP contribution < -0.4 is 26.6 Å². The molecule has 0 aromatic rings. The van der Waals surface area contributed by atoms with Gasteiger partial charge in [0.2, 0.25) is 65.0 Å². The molecule has 95 heavy (non-hydrogen) atoms. The fourth-order valence-corrected chi connectivity index (χ4v) is 12.5. The second-order valence-corrected chi connectivity index (χ2v) is 28.8. The summed E-state index contributed by atoms with van der Waals surface area (Å²) in [5, 5.41) is 26.2. The summed E-state index contributed by atoms with van der Waals surface area (Å²) in [7, 11) is 10.2. The lowest BCUT2D eigenvalue weighted by Crippen LogP contribution is -2.64. The Morgan fingerprint density at radius 1 is 0.484 bits per heavy atom. The number of aliphatic hydroxyl groups excluding tert-OH is 1. The molecule has 2 saturated heterocycles. The van der Waals surface area contributed by atoms with Gasteiger partial charge in [0.15, 0.2) is 0 Å². The standard InChI is InChI=1S/C69H125N13O13/c1-25-27-28-46(14)58(83)57-63(88)72-50(26-2)65(90)75(18)49(17)64(89)79(22)56(45(13)29-30-81-31-33-82(34-32-81)35-36-95-24)62(87)74-54(43(9)10)68(93)76(19)52(38-41(5)6)61(86)71-47(15)59(84)70-48(16)60(85)73-51(37-40(3)4)66(91)77(20)53(39-42(7)8)67(92)78(21)55(44(11)12)69(94)80(57)23/h25,27,40-58,83H,26,28-39H2,1-24H3,(H,70,84)(H,71,86)(H,72,88)(H,73,85)(H,74,87). The maximum absolute atomic E-state index is 15.3. The number of aliphatic hydroxyl groups is 1. The molecule has 0 radical (unpaired) electrons. The summed E-state index contributed by atoms with van der Waals surface area (Å²) >= 11 is 0. The molecule has 0 bridgehead atoms. The summed E-state index contributed by atoms with van der Waals surface area (Å²) in [4.78, 5) is 175. The van der Waals surface area contributed by atoms with Gasteiger partial charge in [0.05, 0.1) is 12.7 Å². The molecule has 11 amide bonds. The van der Waals surface area contributed by atoms with Gasteiger partial charge in [-0.25, -0.2) is 0 Å². The first kappa shape index (κ1) is 84.8. The molecule has 6 N–H and O–H groups in total. The number of hydrogen-bond donors (Lipinski definition) is 6. The third kappa shape index (κ3) is 24.4. The highest BCUT2D eigenvalue weighted by atomic mass is 16.5. The van der Waals surface area contributed by atoms with Gasteiger partial charge in [-0.05, 0) is 114 Å². The minimum Gasteiger partial charge on any atom is -0.390 e. The highest BCUT2D eigenvalue weighted by Gasteiger charge is 2.46. The van der Waals surface area contributed by atoms with Gasteiger partial charge in [-0.3, -0.25) is 57.6 Å². The lowest BCUT2D eigenvalue weighted by Gasteiger charge is -2.41. The van der Waals surface area contributed by atoms with Crippen molar-refractivity contribution in [2.75, 3.05) is 95.3 Å². The Bertz CT molecular complexity index is 2580. The van der Waals surface area contributed by atoms with Gasteiger partial charge in [0, 0.05) is 82.1 Å². The monoisotopic (exact) mass is 1340 g/mol. The minimum atomic E-state index is -1.63. The fourth-order valence-electron chi connectivity index (χ4n) is 12.5. The molecule has 0 aliphatic carbocycles. The van der Waals surface area contributed by atoms with E-state index in [1.807, 2.05) is 54.5 Å². The second kappa shape index (κ2) is 39.8. The van der Waals surface area contributed by atoms with Crippen molar-refractivity contribution in [2.24, 2.45) is 41.4 Å². The van der Waals surface area contributed by atoms with Crippen molar-refractivity contribution in [2.45, 2.75) is 229 Å². The summed E-state index contributed by atoms with van der Waals surface area (Å²) in [6.07, 6.45) is 3.25. The highest BCUT2D eigenvalue weighted by molar-refractivity contribution is 6.00. The number of likely N-dealkylation sites (N-methyl/N-ethyl adjacent to an activating group) is 6. The van der Waals surface area contributed by atoms with Crippen LogP contribution in [0.15, 0.2) is 12.2 Å². The maximum Gasteiger partial charge on any atom is 0.246 e. The quantitative estimate of drug-likeness (QED) is 0.0955. The van der Waals surface area contributed by atoms with E-state index in [1.54, 1.807) is 61.7 Å². The molecule has 0 aromatic carbocycles. The first-order valence-electron chi connectivity index (χ1n) is 34.6. The number of hydrogen-bond acceptors (Lipinski definition) is 15. The Balaban J connectivity index is 3.00. The van der Waals surface area contributed by atoms with Crippen LogP contribution in [0.25, 0.3) is 0 Å². The summed E-state index contributed by atoms with van der Waals surface area (Å²) in [5.41, 5.74) is 0. The van der Waals surface area contributed by atoms with E-state index in [9.17, 15) is 33.9 Å². The molecule has 544 valence electrons. The molecular formula is C69H125N13O13. The summed E-state index contributed by atoms with van der Waals surface area (Å²) in [6, 6.07) is -13.9. The number of piperazine rings is 1. The number of methoxy groups -OCH3 is 1. The first-order valence-corrected chi connectivity index (χ1v) is 34.6. The predicted octanol–water partition coefficient (Wildman–Crippen LogP) is 2.56. The molecular weight excluding hydrogens is 1220 g/mol. The third-order valence-corrected chi connectivity index (χ3v) is 18.9. The van der Waals surface area contributed by atoms with Crippen LogP contribution in [0.1, 0.15) is 156 Å². The van der Waals surface area contributed by atoms with Gasteiger partial charge >= 0.3 is 0 Å². The second-order valence-electron chi connectivity index (χ2n) is 28.8. The van der Waals surface area contributed by atoms with Crippen LogP contribution in [0.5, 0.6) is 0 Å². The van der Waals surface area contributed by atoms with Crippen molar-refractivity contribution in [3.63, 3.8) is 0 Å². The molecule has 2 fully saturated rings. The summed E-state index contributed by atoms with van der Waals surface area (Å²) in [5.74, 6) is -10.4. The Morgan fingerprint density at radius 2 is 0.937 bits per heavy atom. The lowest BCUT2D eigenvalue weighted by atomic mass is 9.91. The fraction of sp³-hybridized carbons (Fsp3) is 0.812. The zero-order valence-electron chi connectivity index (χ0n) is 62.2. The van der Waals surface area contributed by atoms with Gasteiger partial charge in [-0.2, -0.15) is 0 Å². The molecule has 2 heterocycles. The molecule has 2 aliphatic heterocycles. The molecule has 14 atom stereocenters. The van der Waals surface area contributed by atoms with E-state index in [1.165, 1.54) is 87.6 Å². The number of allylic oxidation sites excluding steroid dienone is 2. The van der Waals surface area contributed by atoms with E-state index < -0.39 is 161 Å². The predicted molar refractivity (Wildman–Crippen MR) is 367 cm³/mol. The van der Waals surface area contributed by atoms with E-state index >= 15 is 24.0 Å². The van der Waals surface area contributed by atoms with Crippen LogP contribution >= 0.6 is 0 Å². The van der Waals surface area contributed by atoms with Gasteiger partial charge in [0.25, 0.3) is 0 Å². The zero-order valence-corrected chi connectivity index (χ0v) is 62.2. The molecule has 2 rings (SSSR count). The number of rotatable bonds is 20. The normalized spacial score (nSPS) is 27.7. The molecule has 0 spiro atoms. The van der Waals surface area contributed by atoms with Crippen molar-refractivity contribution >= 4 is 65.0 Å². The number of nitrogens with one attached hydrogen (secondary N) is 5.